The fourth-order valence-electron chi connectivity index (χ4n) is 2.43. The number of aromatic nitrogens is 2. The summed E-state index contributed by atoms with van der Waals surface area (Å²) in [7, 11) is 0. The highest BCUT2D eigenvalue weighted by Crippen LogP contribution is 2.25. The van der Waals surface area contributed by atoms with Crippen LogP contribution >= 0.6 is 11.3 Å². The van der Waals surface area contributed by atoms with Gasteiger partial charge in [0.2, 0.25) is 5.95 Å². The summed E-state index contributed by atoms with van der Waals surface area (Å²) in [6.07, 6.45) is 6.13. The van der Waals surface area contributed by atoms with Gasteiger partial charge in [-0.15, -0.1) is 11.3 Å². The molecule has 3 heterocycles. The molecule has 1 aliphatic rings. The third kappa shape index (κ3) is 2.99. The van der Waals surface area contributed by atoms with E-state index in [1.165, 1.54) is 10.4 Å². The largest absolute Gasteiger partial charge is 0.336 e. The van der Waals surface area contributed by atoms with Crippen molar-refractivity contribution in [3.8, 4) is 0 Å². The van der Waals surface area contributed by atoms with Gasteiger partial charge in [0.1, 0.15) is 0 Å². The molecule has 106 valence electrons. The second-order valence-corrected chi connectivity index (χ2v) is 6.11. The summed E-state index contributed by atoms with van der Waals surface area (Å²) in [4.78, 5) is 12.8. The highest BCUT2D eigenvalue weighted by Gasteiger charge is 2.18. The lowest BCUT2D eigenvalue weighted by molar-refractivity contribution is 0.668. The van der Waals surface area contributed by atoms with Gasteiger partial charge in [0.15, 0.2) is 0 Å². The molecule has 0 saturated heterocycles. The summed E-state index contributed by atoms with van der Waals surface area (Å²) in [5, 5.41) is 5.55. The van der Waals surface area contributed by atoms with Crippen LogP contribution in [0.15, 0.2) is 23.8 Å². The van der Waals surface area contributed by atoms with Gasteiger partial charge in [0.05, 0.1) is 0 Å². The first kappa shape index (κ1) is 13.5. The van der Waals surface area contributed by atoms with E-state index < -0.39 is 0 Å². The molecule has 0 fully saturated rings. The number of fused-ring (bicyclic) bond motifs is 1. The normalized spacial score (nSPS) is 14.3. The lowest BCUT2D eigenvalue weighted by Gasteiger charge is -2.26. The van der Waals surface area contributed by atoms with Crippen molar-refractivity contribution in [1.29, 1.82) is 0 Å². The Labute approximate surface area is 123 Å². The molecule has 0 bridgehead atoms. The predicted octanol–water partition coefficient (Wildman–Crippen LogP) is 2.60. The number of nitrogens with one attached hydrogen (secondary N) is 1. The molecule has 1 N–H and O–H groups in total. The number of anilines is 1. The van der Waals surface area contributed by atoms with E-state index in [4.69, 9.17) is 0 Å². The SMILES string of the molecule is CCCNCc1cnc(N2CCc3sccc3C2)nc1. The van der Waals surface area contributed by atoms with E-state index in [1.54, 1.807) is 0 Å². The topological polar surface area (TPSA) is 41.1 Å². The Bertz CT molecular complexity index is 549. The maximum absolute atomic E-state index is 4.52. The van der Waals surface area contributed by atoms with Crippen LogP contribution in [0.5, 0.6) is 0 Å². The molecule has 2 aromatic rings. The van der Waals surface area contributed by atoms with Gasteiger partial charge in [-0.25, -0.2) is 9.97 Å². The molecular weight excluding hydrogens is 268 g/mol. The van der Waals surface area contributed by atoms with Crippen LogP contribution in [0.25, 0.3) is 0 Å². The van der Waals surface area contributed by atoms with Crippen LogP contribution in [0.2, 0.25) is 0 Å². The highest BCUT2D eigenvalue weighted by molar-refractivity contribution is 7.10. The minimum absolute atomic E-state index is 0.848. The van der Waals surface area contributed by atoms with Crippen molar-refractivity contribution in [3.63, 3.8) is 0 Å². The van der Waals surface area contributed by atoms with Gasteiger partial charge in [0, 0.05) is 42.5 Å². The van der Waals surface area contributed by atoms with Gasteiger partial charge in [-0.05, 0) is 36.4 Å². The van der Waals surface area contributed by atoms with Crippen molar-refractivity contribution >= 4 is 17.3 Å². The smallest absolute Gasteiger partial charge is 0.225 e. The lowest BCUT2D eigenvalue weighted by Crippen LogP contribution is -2.30. The standard InChI is InChI=1S/C15H20N4S/c1-2-5-16-8-12-9-17-15(18-10-12)19-6-3-14-13(11-19)4-7-20-14/h4,7,9-10,16H,2-3,5-6,8,11H2,1H3. The number of hydrogen-bond acceptors (Lipinski definition) is 5. The van der Waals surface area contributed by atoms with Crippen LogP contribution in [-0.2, 0) is 19.5 Å². The minimum Gasteiger partial charge on any atom is -0.336 e. The number of nitrogens with zero attached hydrogens (tertiary/aromatic N) is 3. The molecule has 20 heavy (non-hydrogen) atoms. The van der Waals surface area contributed by atoms with Gasteiger partial charge in [0.25, 0.3) is 0 Å². The molecule has 1 aliphatic heterocycles. The quantitative estimate of drug-likeness (QED) is 0.859. The van der Waals surface area contributed by atoms with Crippen LogP contribution in [0.4, 0.5) is 5.95 Å². The second kappa shape index (κ2) is 6.33. The summed E-state index contributed by atoms with van der Waals surface area (Å²) >= 11 is 1.86. The first-order valence-corrected chi connectivity index (χ1v) is 8.06. The summed E-state index contributed by atoms with van der Waals surface area (Å²) in [5.41, 5.74) is 2.58. The van der Waals surface area contributed by atoms with Gasteiger partial charge < -0.3 is 10.2 Å². The summed E-state index contributed by atoms with van der Waals surface area (Å²) in [6.45, 7) is 6.01. The van der Waals surface area contributed by atoms with Crippen LogP contribution in [0, 0.1) is 0 Å². The van der Waals surface area contributed by atoms with Crippen LogP contribution in [0.3, 0.4) is 0 Å². The third-order valence-electron chi connectivity index (χ3n) is 3.54. The summed E-state index contributed by atoms with van der Waals surface area (Å²) in [5.74, 6) is 0.848. The third-order valence-corrected chi connectivity index (χ3v) is 4.56. The molecule has 2 aromatic heterocycles. The minimum atomic E-state index is 0.848. The summed E-state index contributed by atoms with van der Waals surface area (Å²) < 4.78 is 0. The number of rotatable bonds is 5. The Balaban J connectivity index is 1.63. The van der Waals surface area contributed by atoms with Crippen LogP contribution < -0.4 is 10.2 Å². The Hall–Kier alpha value is -1.46. The van der Waals surface area contributed by atoms with Crippen molar-refractivity contribution in [1.82, 2.24) is 15.3 Å². The van der Waals surface area contributed by atoms with E-state index in [2.05, 4.69) is 38.6 Å². The molecule has 0 aromatic carbocycles. The zero-order valence-corrected chi connectivity index (χ0v) is 12.6. The van der Waals surface area contributed by atoms with Gasteiger partial charge in [-0.3, -0.25) is 0 Å². The maximum Gasteiger partial charge on any atom is 0.225 e. The molecule has 4 nitrogen and oxygen atoms in total. The van der Waals surface area contributed by atoms with Gasteiger partial charge >= 0.3 is 0 Å². The van der Waals surface area contributed by atoms with E-state index in [-0.39, 0.29) is 0 Å². The van der Waals surface area contributed by atoms with E-state index >= 15 is 0 Å². The molecule has 0 amide bonds. The van der Waals surface area contributed by atoms with Crippen molar-refractivity contribution < 1.29 is 0 Å². The fourth-order valence-corrected chi connectivity index (χ4v) is 3.32. The van der Waals surface area contributed by atoms with Gasteiger partial charge in [-0.1, -0.05) is 6.92 Å². The molecule has 0 aliphatic carbocycles. The van der Waals surface area contributed by atoms with Crippen molar-refractivity contribution in [3.05, 3.63) is 39.8 Å². The Kier molecular flexibility index (Phi) is 4.28. The van der Waals surface area contributed by atoms with Crippen molar-refractivity contribution in [2.45, 2.75) is 32.9 Å². The maximum atomic E-state index is 4.52. The monoisotopic (exact) mass is 288 g/mol. The van der Waals surface area contributed by atoms with E-state index in [9.17, 15) is 0 Å². The number of hydrogen-bond donors (Lipinski definition) is 1. The molecular formula is C15H20N4S. The van der Waals surface area contributed by atoms with Crippen molar-refractivity contribution in [2.75, 3.05) is 18.0 Å². The Morgan fingerprint density at radius 2 is 2.20 bits per heavy atom. The predicted molar refractivity (Wildman–Crippen MR) is 83.1 cm³/mol. The zero-order chi connectivity index (χ0) is 13.8. The van der Waals surface area contributed by atoms with E-state index in [0.717, 1.165) is 50.5 Å². The highest BCUT2D eigenvalue weighted by atomic mass is 32.1. The van der Waals surface area contributed by atoms with Crippen LogP contribution in [0.1, 0.15) is 29.3 Å². The molecule has 0 radical (unpaired) electrons. The van der Waals surface area contributed by atoms with Gasteiger partial charge in [-0.2, -0.15) is 0 Å². The molecule has 3 rings (SSSR count). The first-order valence-electron chi connectivity index (χ1n) is 7.18. The van der Waals surface area contributed by atoms with E-state index in [0.29, 0.717) is 0 Å². The molecule has 0 spiro atoms. The second-order valence-electron chi connectivity index (χ2n) is 5.11. The van der Waals surface area contributed by atoms with E-state index in [1.807, 2.05) is 23.7 Å². The average Bonchev–Trinajstić information content (AvgIpc) is 2.96. The van der Waals surface area contributed by atoms with Crippen LogP contribution in [-0.4, -0.2) is 23.1 Å². The zero-order valence-electron chi connectivity index (χ0n) is 11.8. The summed E-state index contributed by atoms with van der Waals surface area (Å²) in [6, 6.07) is 2.22. The molecule has 0 unspecified atom stereocenters. The first-order chi connectivity index (χ1) is 9.86. The average molecular weight is 288 g/mol. The molecule has 0 saturated carbocycles. The lowest BCUT2D eigenvalue weighted by atomic mass is 10.1. The van der Waals surface area contributed by atoms with Crippen molar-refractivity contribution in [2.24, 2.45) is 0 Å². The number of thiophene rings is 1. The Morgan fingerprint density at radius 1 is 1.35 bits per heavy atom. The Morgan fingerprint density at radius 3 is 3.00 bits per heavy atom. The fraction of sp³-hybridized carbons (Fsp3) is 0.467. The molecule has 0 atom stereocenters. The molecule has 5 heteroatoms.